The van der Waals surface area contributed by atoms with E-state index in [2.05, 4.69) is 5.32 Å². The van der Waals surface area contributed by atoms with Crippen LogP contribution in [0.25, 0.3) is 0 Å². The molecule has 0 saturated heterocycles. The van der Waals surface area contributed by atoms with Gasteiger partial charge in [-0.25, -0.2) is 4.39 Å². The zero-order valence-electron chi connectivity index (χ0n) is 10.2. The Hall–Kier alpha value is -0.800. The zero-order valence-corrected chi connectivity index (χ0v) is 11.7. The molecule has 2 nitrogen and oxygen atoms in total. The second-order valence-corrected chi connectivity index (χ2v) is 5.05. The van der Waals surface area contributed by atoms with E-state index in [0.29, 0.717) is 18.3 Å². The lowest BCUT2D eigenvalue weighted by Crippen LogP contribution is -2.30. The summed E-state index contributed by atoms with van der Waals surface area (Å²) in [6.45, 7) is 2.54. The van der Waals surface area contributed by atoms with Crippen LogP contribution in [0.15, 0.2) is 18.2 Å². The van der Waals surface area contributed by atoms with Crippen molar-refractivity contribution in [3.05, 3.63) is 34.6 Å². The zero-order chi connectivity index (χ0) is 13.5. The van der Waals surface area contributed by atoms with Gasteiger partial charge in [0.1, 0.15) is 5.82 Å². The van der Waals surface area contributed by atoms with Gasteiger partial charge in [-0.2, -0.15) is 0 Å². The van der Waals surface area contributed by atoms with Crippen molar-refractivity contribution in [2.24, 2.45) is 5.92 Å². The quantitative estimate of drug-likeness (QED) is 0.800. The average Bonchev–Trinajstić information content (AvgIpc) is 2.32. The molecule has 1 amide bonds. The fraction of sp³-hybridized carbons (Fsp3) is 0.462. The number of nitrogens with one attached hydrogen (secondary N) is 1. The number of amides is 1. The Morgan fingerprint density at radius 2 is 2.22 bits per heavy atom. The van der Waals surface area contributed by atoms with E-state index >= 15 is 0 Å². The van der Waals surface area contributed by atoms with Crippen LogP contribution >= 0.6 is 23.2 Å². The molecular formula is C13H16Cl2FNO. The van der Waals surface area contributed by atoms with Gasteiger partial charge in [0.05, 0.1) is 6.42 Å². The molecule has 0 heterocycles. The molecule has 1 unspecified atom stereocenters. The van der Waals surface area contributed by atoms with Gasteiger partial charge in [-0.05, 0) is 24.5 Å². The summed E-state index contributed by atoms with van der Waals surface area (Å²) in [4.78, 5) is 11.7. The minimum Gasteiger partial charge on any atom is -0.356 e. The number of benzene rings is 1. The first-order valence-electron chi connectivity index (χ1n) is 5.80. The number of hydrogen-bond donors (Lipinski definition) is 1. The van der Waals surface area contributed by atoms with Crippen LogP contribution in [0.3, 0.4) is 0 Å². The van der Waals surface area contributed by atoms with E-state index in [-0.39, 0.29) is 22.9 Å². The summed E-state index contributed by atoms with van der Waals surface area (Å²) in [6, 6.07) is 4.38. The van der Waals surface area contributed by atoms with Gasteiger partial charge < -0.3 is 5.32 Å². The standard InChI is InChI=1S/C13H16Cl2FNO/c1-9(5-6-14)8-17-13(18)7-10-11(15)3-2-4-12(10)16/h2-4,9H,5-8H2,1H3,(H,17,18). The van der Waals surface area contributed by atoms with Crippen LogP contribution in [-0.2, 0) is 11.2 Å². The average molecular weight is 292 g/mol. The molecule has 1 aromatic rings. The third-order valence-electron chi connectivity index (χ3n) is 2.65. The normalized spacial score (nSPS) is 12.2. The number of rotatable bonds is 6. The summed E-state index contributed by atoms with van der Waals surface area (Å²) in [5, 5.41) is 3.02. The number of carbonyl (C=O) groups is 1. The number of hydrogen-bond acceptors (Lipinski definition) is 1. The number of alkyl halides is 1. The lowest BCUT2D eigenvalue weighted by molar-refractivity contribution is -0.120. The van der Waals surface area contributed by atoms with Crippen LogP contribution in [0.1, 0.15) is 18.9 Å². The van der Waals surface area contributed by atoms with E-state index in [4.69, 9.17) is 23.2 Å². The van der Waals surface area contributed by atoms with Crippen molar-refractivity contribution in [1.29, 1.82) is 0 Å². The Balaban J connectivity index is 2.50. The van der Waals surface area contributed by atoms with Crippen molar-refractivity contribution in [2.75, 3.05) is 12.4 Å². The molecule has 0 aliphatic rings. The second-order valence-electron chi connectivity index (χ2n) is 4.26. The molecule has 0 spiro atoms. The highest BCUT2D eigenvalue weighted by Crippen LogP contribution is 2.19. The predicted molar refractivity (Wildman–Crippen MR) is 72.6 cm³/mol. The topological polar surface area (TPSA) is 29.1 Å². The van der Waals surface area contributed by atoms with Crippen LogP contribution in [0.2, 0.25) is 5.02 Å². The molecule has 5 heteroatoms. The summed E-state index contributed by atoms with van der Waals surface area (Å²) in [6.07, 6.45) is 0.793. The third-order valence-corrected chi connectivity index (χ3v) is 3.22. The van der Waals surface area contributed by atoms with Gasteiger partial charge in [0.2, 0.25) is 5.91 Å². The van der Waals surface area contributed by atoms with Crippen LogP contribution in [0, 0.1) is 11.7 Å². The molecule has 0 fully saturated rings. The van der Waals surface area contributed by atoms with Crippen LogP contribution < -0.4 is 5.32 Å². The molecule has 1 N–H and O–H groups in total. The fourth-order valence-electron chi connectivity index (χ4n) is 1.50. The maximum Gasteiger partial charge on any atom is 0.224 e. The largest absolute Gasteiger partial charge is 0.356 e. The van der Waals surface area contributed by atoms with E-state index in [1.54, 1.807) is 6.07 Å². The first kappa shape index (κ1) is 15.3. The Bertz CT molecular complexity index is 392. The maximum atomic E-state index is 13.4. The van der Waals surface area contributed by atoms with Gasteiger partial charge in [0, 0.05) is 23.0 Å². The van der Waals surface area contributed by atoms with Crippen molar-refractivity contribution in [3.8, 4) is 0 Å². The lowest BCUT2D eigenvalue weighted by Gasteiger charge is -2.11. The summed E-state index contributed by atoms with van der Waals surface area (Å²) < 4.78 is 13.4. The smallest absolute Gasteiger partial charge is 0.224 e. The minimum absolute atomic E-state index is 0.0426. The molecular weight excluding hydrogens is 276 g/mol. The highest BCUT2D eigenvalue weighted by Gasteiger charge is 2.12. The summed E-state index contributed by atoms with van der Waals surface area (Å²) in [7, 11) is 0. The molecule has 1 aromatic carbocycles. The third kappa shape index (κ3) is 4.83. The molecule has 0 bridgehead atoms. The van der Waals surface area contributed by atoms with Gasteiger partial charge in [0.25, 0.3) is 0 Å². The highest BCUT2D eigenvalue weighted by molar-refractivity contribution is 6.31. The Morgan fingerprint density at radius 1 is 1.50 bits per heavy atom. The van der Waals surface area contributed by atoms with Gasteiger partial charge in [-0.1, -0.05) is 24.6 Å². The Labute approximate surface area is 116 Å². The molecule has 0 radical (unpaired) electrons. The molecule has 18 heavy (non-hydrogen) atoms. The molecule has 0 aliphatic carbocycles. The van der Waals surface area contributed by atoms with Crippen molar-refractivity contribution < 1.29 is 9.18 Å². The van der Waals surface area contributed by atoms with Gasteiger partial charge in [-0.15, -0.1) is 11.6 Å². The van der Waals surface area contributed by atoms with E-state index in [0.717, 1.165) is 6.42 Å². The predicted octanol–water partition coefficient (Wildman–Crippen LogP) is 3.40. The van der Waals surface area contributed by atoms with E-state index in [1.807, 2.05) is 6.92 Å². The highest BCUT2D eigenvalue weighted by atomic mass is 35.5. The maximum absolute atomic E-state index is 13.4. The Kier molecular flexibility index (Phi) is 6.44. The van der Waals surface area contributed by atoms with Gasteiger partial charge in [-0.3, -0.25) is 4.79 Å². The minimum atomic E-state index is -0.452. The summed E-state index contributed by atoms with van der Waals surface area (Å²) in [5.74, 6) is 0.188. The molecule has 100 valence electrons. The molecule has 0 saturated carbocycles. The van der Waals surface area contributed by atoms with Crippen LogP contribution in [0.4, 0.5) is 4.39 Å². The van der Waals surface area contributed by atoms with Crippen molar-refractivity contribution >= 4 is 29.1 Å². The lowest BCUT2D eigenvalue weighted by atomic mass is 10.1. The van der Waals surface area contributed by atoms with Crippen LogP contribution in [-0.4, -0.2) is 18.3 Å². The SMILES string of the molecule is CC(CCCl)CNC(=O)Cc1c(F)cccc1Cl. The molecule has 0 aromatic heterocycles. The first-order chi connectivity index (χ1) is 8.54. The van der Waals surface area contributed by atoms with E-state index < -0.39 is 5.82 Å². The monoisotopic (exact) mass is 291 g/mol. The van der Waals surface area contributed by atoms with Crippen molar-refractivity contribution in [3.63, 3.8) is 0 Å². The number of carbonyl (C=O) groups excluding carboxylic acids is 1. The van der Waals surface area contributed by atoms with Crippen LogP contribution in [0.5, 0.6) is 0 Å². The molecule has 1 rings (SSSR count). The molecule has 1 atom stereocenters. The van der Waals surface area contributed by atoms with Crippen molar-refractivity contribution in [1.82, 2.24) is 5.32 Å². The van der Waals surface area contributed by atoms with Gasteiger partial charge >= 0.3 is 0 Å². The molecule has 0 aliphatic heterocycles. The first-order valence-corrected chi connectivity index (χ1v) is 6.71. The Morgan fingerprint density at radius 3 is 2.83 bits per heavy atom. The fourth-order valence-corrected chi connectivity index (χ4v) is 2.10. The second kappa shape index (κ2) is 7.59. The van der Waals surface area contributed by atoms with E-state index in [9.17, 15) is 9.18 Å². The van der Waals surface area contributed by atoms with Crippen molar-refractivity contribution in [2.45, 2.75) is 19.8 Å². The summed E-state index contributed by atoms with van der Waals surface area (Å²) >= 11 is 11.5. The van der Waals surface area contributed by atoms with E-state index in [1.165, 1.54) is 12.1 Å². The summed E-state index contributed by atoms with van der Waals surface area (Å²) in [5.41, 5.74) is 0.238. The number of halogens is 3. The van der Waals surface area contributed by atoms with Gasteiger partial charge in [0.15, 0.2) is 0 Å².